The Labute approximate surface area is 138 Å². The average Bonchev–Trinajstić information content (AvgIpc) is 2.53. The Morgan fingerprint density at radius 3 is 2.14 bits per heavy atom. The van der Waals surface area contributed by atoms with Gasteiger partial charge in [-0.2, -0.15) is 0 Å². The Morgan fingerprint density at radius 2 is 1.50 bits per heavy atom. The van der Waals surface area contributed by atoms with Gasteiger partial charge in [-0.05, 0) is 35.7 Å². The monoisotopic (exact) mass is 316 g/mol. The van der Waals surface area contributed by atoms with Crippen LogP contribution in [0.3, 0.4) is 0 Å². The number of rotatable bonds is 8. The van der Waals surface area contributed by atoms with Crippen molar-refractivity contribution in [3.8, 4) is 0 Å². The summed E-state index contributed by atoms with van der Waals surface area (Å²) in [4.78, 5) is 0. The molecule has 0 aliphatic carbocycles. The van der Waals surface area contributed by atoms with Crippen LogP contribution in [0.5, 0.6) is 0 Å². The first-order chi connectivity index (χ1) is 10.7. The molecule has 2 nitrogen and oxygen atoms in total. The van der Waals surface area contributed by atoms with E-state index in [1.807, 2.05) is 18.2 Å². The first kappa shape index (κ1) is 17.0. The van der Waals surface area contributed by atoms with Gasteiger partial charge < -0.3 is 10.6 Å². The summed E-state index contributed by atoms with van der Waals surface area (Å²) in [6, 6.07) is 18.8. The van der Waals surface area contributed by atoms with E-state index in [0.29, 0.717) is 5.92 Å². The number of benzene rings is 2. The van der Waals surface area contributed by atoms with Gasteiger partial charge in [-0.3, -0.25) is 0 Å². The summed E-state index contributed by atoms with van der Waals surface area (Å²) in [6.07, 6.45) is 0. The van der Waals surface area contributed by atoms with Crippen molar-refractivity contribution in [2.75, 3.05) is 19.6 Å². The normalized spacial score (nSPS) is 12.5. The molecule has 2 rings (SSSR count). The highest BCUT2D eigenvalue weighted by molar-refractivity contribution is 6.30. The van der Waals surface area contributed by atoms with E-state index in [2.05, 4.69) is 60.9 Å². The van der Waals surface area contributed by atoms with Crippen LogP contribution < -0.4 is 10.6 Å². The van der Waals surface area contributed by atoms with Crippen molar-refractivity contribution in [2.45, 2.75) is 19.9 Å². The summed E-state index contributed by atoms with van der Waals surface area (Å²) < 4.78 is 0. The molecule has 0 heterocycles. The lowest BCUT2D eigenvalue weighted by Gasteiger charge is -2.20. The molecule has 0 unspecified atom stereocenters. The van der Waals surface area contributed by atoms with Gasteiger partial charge in [0.2, 0.25) is 0 Å². The number of hydrogen-bond donors (Lipinski definition) is 2. The minimum Gasteiger partial charge on any atom is -0.315 e. The first-order valence-corrected chi connectivity index (χ1v) is 8.29. The van der Waals surface area contributed by atoms with Crippen LogP contribution in [0.1, 0.15) is 31.0 Å². The van der Waals surface area contributed by atoms with E-state index in [0.717, 1.165) is 24.7 Å². The smallest absolute Gasteiger partial charge is 0.0577 e. The summed E-state index contributed by atoms with van der Waals surface area (Å²) in [7, 11) is 0. The van der Waals surface area contributed by atoms with Crippen LogP contribution in [0.2, 0.25) is 5.02 Å². The Balaban J connectivity index is 2.01. The van der Waals surface area contributed by atoms with Gasteiger partial charge in [-0.15, -0.1) is 0 Å². The van der Waals surface area contributed by atoms with Gasteiger partial charge in [-0.25, -0.2) is 0 Å². The van der Waals surface area contributed by atoms with Crippen molar-refractivity contribution in [1.29, 1.82) is 0 Å². The zero-order valence-electron chi connectivity index (χ0n) is 13.4. The van der Waals surface area contributed by atoms with Crippen molar-refractivity contribution in [2.24, 2.45) is 5.92 Å². The summed E-state index contributed by atoms with van der Waals surface area (Å²) in [5.41, 5.74) is 2.51. The maximum Gasteiger partial charge on any atom is 0.0577 e. The molecule has 0 bridgehead atoms. The molecule has 0 aliphatic rings. The van der Waals surface area contributed by atoms with E-state index in [1.165, 1.54) is 11.1 Å². The van der Waals surface area contributed by atoms with Gasteiger partial charge in [0.15, 0.2) is 0 Å². The average molecular weight is 317 g/mol. The van der Waals surface area contributed by atoms with Crippen LogP contribution in [0.25, 0.3) is 0 Å². The molecule has 2 aromatic rings. The molecule has 0 aromatic heterocycles. The van der Waals surface area contributed by atoms with Crippen molar-refractivity contribution in [3.63, 3.8) is 0 Å². The summed E-state index contributed by atoms with van der Waals surface area (Å²) in [6.45, 7) is 7.39. The fourth-order valence-corrected chi connectivity index (χ4v) is 2.55. The molecule has 118 valence electrons. The lowest BCUT2D eigenvalue weighted by atomic mass is 9.99. The molecule has 0 amide bonds. The topological polar surface area (TPSA) is 24.1 Å². The molecular formula is C19H25ClN2. The van der Waals surface area contributed by atoms with Gasteiger partial charge in [0.25, 0.3) is 0 Å². The van der Waals surface area contributed by atoms with Gasteiger partial charge in [-0.1, -0.05) is 67.9 Å². The van der Waals surface area contributed by atoms with E-state index in [-0.39, 0.29) is 6.04 Å². The second-order valence-electron chi connectivity index (χ2n) is 5.95. The molecule has 0 aliphatic heterocycles. The second kappa shape index (κ2) is 8.94. The summed E-state index contributed by atoms with van der Waals surface area (Å²) in [5.74, 6) is 0.682. The predicted molar refractivity (Wildman–Crippen MR) is 95.4 cm³/mol. The van der Waals surface area contributed by atoms with Gasteiger partial charge in [0.1, 0.15) is 0 Å². The van der Waals surface area contributed by atoms with Crippen LogP contribution in [-0.2, 0) is 0 Å². The minimum atomic E-state index is 0.194. The zero-order chi connectivity index (χ0) is 15.8. The SMILES string of the molecule is CC(C)CNCCN[C@@H](c1ccccc1)c1ccc(Cl)cc1. The van der Waals surface area contributed by atoms with Crippen molar-refractivity contribution < 1.29 is 0 Å². The second-order valence-corrected chi connectivity index (χ2v) is 6.38. The maximum absolute atomic E-state index is 6.01. The largest absolute Gasteiger partial charge is 0.315 e. The third-order valence-corrected chi connectivity index (χ3v) is 3.79. The molecule has 1 atom stereocenters. The van der Waals surface area contributed by atoms with Crippen LogP contribution >= 0.6 is 11.6 Å². The zero-order valence-corrected chi connectivity index (χ0v) is 14.1. The van der Waals surface area contributed by atoms with Crippen LogP contribution in [-0.4, -0.2) is 19.6 Å². The van der Waals surface area contributed by atoms with E-state index < -0.39 is 0 Å². The Bertz CT molecular complexity index is 537. The molecule has 22 heavy (non-hydrogen) atoms. The standard InChI is InChI=1S/C19H25ClN2/c1-15(2)14-21-12-13-22-19(16-6-4-3-5-7-16)17-8-10-18(20)11-9-17/h3-11,15,19,21-22H,12-14H2,1-2H3/t19-/m0/s1. The third-order valence-electron chi connectivity index (χ3n) is 3.54. The quantitative estimate of drug-likeness (QED) is 0.711. The van der Waals surface area contributed by atoms with E-state index in [1.54, 1.807) is 0 Å². The van der Waals surface area contributed by atoms with Crippen LogP contribution in [0.4, 0.5) is 0 Å². The lowest BCUT2D eigenvalue weighted by Crippen LogP contribution is -2.32. The third kappa shape index (κ3) is 5.45. The fourth-order valence-electron chi connectivity index (χ4n) is 2.42. The Hall–Kier alpha value is -1.35. The van der Waals surface area contributed by atoms with Gasteiger partial charge in [0.05, 0.1) is 6.04 Å². The minimum absolute atomic E-state index is 0.194. The number of nitrogens with one attached hydrogen (secondary N) is 2. The van der Waals surface area contributed by atoms with E-state index in [4.69, 9.17) is 11.6 Å². The highest BCUT2D eigenvalue weighted by Gasteiger charge is 2.12. The molecule has 3 heteroatoms. The summed E-state index contributed by atoms with van der Waals surface area (Å²) in [5, 5.41) is 7.88. The van der Waals surface area contributed by atoms with Gasteiger partial charge in [0, 0.05) is 18.1 Å². The van der Waals surface area contributed by atoms with Crippen molar-refractivity contribution >= 4 is 11.6 Å². The molecule has 0 saturated heterocycles. The fraction of sp³-hybridized carbons (Fsp3) is 0.368. The molecule has 0 fully saturated rings. The Morgan fingerprint density at radius 1 is 0.864 bits per heavy atom. The lowest BCUT2D eigenvalue weighted by molar-refractivity contribution is 0.520. The maximum atomic E-state index is 6.01. The predicted octanol–water partition coefficient (Wildman–Crippen LogP) is 4.26. The molecule has 0 radical (unpaired) electrons. The number of halogens is 1. The Kier molecular flexibility index (Phi) is 6.91. The molecule has 0 saturated carbocycles. The van der Waals surface area contributed by atoms with Crippen molar-refractivity contribution in [1.82, 2.24) is 10.6 Å². The first-order valence-electron chi connectivity index (χ1n) is 7.91. The molecule has 0 spiro atoms. The van der Waals surface area contributed by atoms with Gasteiger partial charge >= 0.3 is 0 Å². The highest BCUT2D eigenvalue weighted by Crippen LogP contribution is 2.23. The highest BCUT2D eigenvalue weighted by atomic mass is 35.5. The van der Waals surface area contributed by atoms with Crippen LogP contribution in [0.15, 0.2) is 54.6 Å². The summed E-state index contributed by atoms with van der Waals surface area (Å²) >= 11 is 6.01. The van der Waals surface area contributed by atoms with Crippen LogP contribution in [0, 0.1) is 5.92 Å². The molecular weight excluding hydrogens is 292 g/mol. The van der Waals surface area contributed by atoms with E-state index in [9.17, 15) is 0 Å². The van der Waals surface area contributed by atoms with Crippen molar-refractivity contribution in [3.05, 3.63) is 70.7 Å². The number of hydrogen-bond acceptors (Lipinski definition) is 2. The molecule has 2 N–H and O–H groups in total. The van der Waals surface area contributed by atoms with E-state index >= 15 is 0 Å². The molecule has 2 aromatic carbocycles.